The number of piperazine rings is 1. The highest BCUT2D eigenvalue weighted by molar-refractivity contribution is 5.99. The number of ketones is 1. The molecule has 0 bridgehead atoms. The van der Waals surface area contributed by atoms with E-state index in [2.05, 4.69) is 28.9 Å². The Morgan fingerprint density at radius 3 is 2.90 bits per heavy atom. The zero-order valence-electron chi connectivity index (χ0n) is 13.3. The number of carbonyl (C=O) groups excluding carboxylic acids is 1. The first kappa shape index (κ1) is 14.7. The Balaban J connectivity index is 1.63. The molecule has 0 aliphatic carbocycles. The smallest absolute Gasteiger partial charge is 0.177 e. The minimum atomic E-state index is 0.278. The number of hydrogen-bond acceptors (Lipinski definition) is 3. The Labute approximate surface area is 127 Å². The molecular weight excluding hydrogens is 260 g/mol. The van der Waals surface area contributed by atoms with E-state index in [4.69, 9.17) is 0 Å². The van der Waals surface area contributed by atoms with E-state index < -0.39 is 0 Å². The first-order valence-electron chi connectivity index (χ1n) is 8.20. The van der Waals surface area contributed by atoms with Crippen molar-refractivity contribution in [1.29, 1.82) is 0 Å². The molecule has 3 rings (SSSR count). The molecule has 1 aromatic carbocycles. The summed E-state index contributed by atoms with van der Waals surface area (Å²) in [5, 5.41) is 0. The van der Waals surface area contributed by atoms with Crippen molar-refractivity contribution in [2.75, 3.05) is 32.7 Å². The number of nitrogens with zero attached hydrogens (tertiary/aromatic N) is 2. The van der Waals surface area contributed by atoms with E-state index in [1.165, 1.54) is 31.4 Å². The number of carbonyl (C=O) groups is 1. The van der Waals surface area contributed by atoms with Gasteiger partial charge in [0.05, 0.1) is 6.54 Å². The molecule has 1 atom stereocenters. The van der Waals surface area contributed by atoms with Gasteiger partial charge in [0.15, 0.2) is 5.78 Å². The van der Waals surface area contributed by atoms with Crippen LogP contribution in [0.5, 0.6) is 0 Å². The van der Waals surface area contributed by atoms with Crippen molar-refractivity contribution in [3.8, 4) is 0 Å². The quantitative estimate of drug-likeness (QED) is 0.798. The molecule has 3 heteroatoms. The molecule has 0 N–H and O–H groups in total. The highest BCUT2D eigenvalue weighted by atomic mass is 16.1. The van der Waals surface area contributed by atoms with Crippen molar-refractivity contribution < 1.29 is 4.79 Å². The van der Waals surface area contributed by atoms with Crippen molar-refractivity contribution in [1.82, 2.24) is 9.80 Å². The molecule has 0 radical (unpaired) electrons. The molecule has 1 unspecified atom stereocenters. The van der Waals surface area contributed by atoms with Crippen LogP contribution in [0.15, 0.2) is 18.2 Å². The van der Waals surface area contributed by atoms with E-state index in [-0.39, 0.29) is 5.78 Å². The molecule has 0 aromatic heterocycles. The van der Waals surface area contributed by atoms with Crippen molar-refractivity contribution in [2.24, 2.45) is 0 Å². The summed E-state index contributed by atoms with van der Waals surface area (Å²) in [5.41, 5.74) is 3.17. The first-order valence-corrected chi connectivity index (χ1v) is 8.20. The highest BCUT2D eigenvalue weighted by Gasteiger charge is 2.29. The zero-order valence-corrected chi connectivity index (χ0v) is 13.3. The predicted octanol–water partition coefficient (Wildman–Crippen LogP) is 2.66. The van der Waals surface area contributed by atoms with Gasteiger partial charge in [-0.2, -0.15) is 0 Å². The van der Waals surface area contributed by atoms with Gasteiger partial charge in [-0.1, -0.05) is 24.1 Å². The number of benzene rings is 1. The van der Waals surface area contributed by atoms with Gasteiger partial charge >= 0.3 is 0 Å². The average molecular weight is 286 g/mol. The third-order valence-electron chi connectivity index (χ3n) is 4.98. The Morgan fingerprint density at radius 1 is 1.19 bits per heavy atom. The van der Waals surface area contributed by atoms with Gasteiger partial charge in [-0.05, 0) is 44.9 Å². The monoisotopic (exact) mass is 286 g/mol. The molecular formula is C18H26N2O. The van der Waals surface area contributed by atoms with Gasteiger partial charge in [0.1, 0.15) is 0 Å². The third kappa shape index (κ3) is 3.35. The summed E-state index contributed by atoms with van der Waals surface area (Å²) in [6.07, 6.45) is 3.99. The molecule has 2 heterocycles. The molecule has 0 spiro atoms. The second-order valence-electron chi connectivity index (χ2n) is 6.66. The van der Waals surface area contributed by atoms with Gasteiger partial charge < -0.3 is 0 Å². The Kier molecular flexibility index (Phi) is 4.41. The number of rotatable bonds is 3. The minimum Gasteiger partial charge on any atom is -0.298 e. The fourth-order valence-electron chi connectivity index (χ4n) is 3.69. The largest absolute Gasteiger partial charge is 0.298 e. The summed E-state index contributed by atoms with van der Waals surface area (Å²) in [5.74, 6) is 0.278. The lowest BCUT2D eigenvalue weighted by molar-refractivity contribution is 0.0469. The summed E-state index contributed by atoms with van der Waals surface area (Å²) in [6.45, 7) is 9.15. The molecule has 0 amide bonds. The summed E-state index contributed by atoms with van der Waals surface area (Å²) >= 11 is 0. The van der Waals surface area contributed by atoms with Gasteiger partial charge in [-0.3, -0.25) is 14.6 Å². The van der Waals surface area contributed by atoms with Crippen LogP contribution in [0.1, 0.15) is 40.7 Å². The fraction of sp³-hybridized carbons (Fsp3) is 0.611. The summed E-state index contributed by atoms with van der Waals surface area (Å²) in [7, 11) is 0. The maximum absolute atomic E-state index is 12.6. The topological polar surface area (TPSA) is 23.6 Å². The van der Waals surface area contributed by atoms with Crippen LogP contribution >= 0.6 is 0 Å². The second kappa shape index (κ2) is 6.29. The Hall–Kier alpha value is -1.19. The Morgan fingerprint density at radius 2 is 2.05 bits per heavy atom. The minimum absolute atomic E-state index is 0.278. The maximum Gasteiger partial charge on any atom is 0.177 e. The van der Waals surface area contributed by atoms with Gasteiger partial charge in [0, 0.05) is 31.2 Å². The fourth-order valence-corrected chi connectivity index (χ4v) is 3.69. The number of fused-ring (bicyclic) bond motifs is 1. The van der Waals surface area contributed by atoms with Crippen LogP contribution in [0.25, 0.3) is 0 Å². The molecule has 2 aliphatic heterocycles. The van der Waals surface area contributed by atoms with E-state index in [9.17, 15) is 4.79 Å². The van der Waals surface area contributed by atoms with E-state index in [1.54, 1.807) is 0 Å². The molecule has 114 valence electrons. The molecule has 2 fully saturated rings. The van der Waals surface area contributed by atoms with Crippen LogP contribution in [0, 0.1) is 13.8 Å². The molecule has 0 saturated carbocycles. The standard InChI is InChI=1S/C18H26N2O/c1-14-6-7-15(2)17(11-14)18(21)13-19-9-10-20-8-4-3-5-16(20)12-19/h6-7,11,16H,3-5,8-10,12-13H2,1-2H3. The van der Waals surface area contributed by atoms with Gasteiger partial charge in [-0.25, -0.2) is 0 Å². The van der Waals surface area contributed by atoms with Crippen LogP contribution in [-0.2, 0) is 0 Å². The number of aryl methyl sites for hydroxylation is 2. The van der Waals surface area contributed by atoms with Crippen LogP contribution in [0.2, 0.25) is 0 Å². The highest BCUT2D eigenvalue weighted by Crippen LogP contribution is 2.21. The van der Waals surface area contributed by atoms with Gasteiger partial charge in [0.2, 0.25) is 0 Å². The molecule has 2 aliphatic rings. The number of Topliss-reactive ketones (excluding diaryl/α,β-unsaturated/α-hetero) is 1. The van der Waals surface area contributed by atoms with E-state index >= 15 is 0 Å². The zero-order chi connectivity index (χ0) is 14.8. The molecule has 3 nitrogen and oxygen atoms in total. The number of hydrogen-bond donors (Lipinski definition) is 0. The average Bonchev–Trinajstić information content (AvgIpc) is 2.49. The molecule has 21 heavy (non-hydrogen) atoms. The Bertz CT molecular complexity index is 526. The van der Waals surface area contributed by atoms with E-state index in [0.717, 1.165) is 30.8 Å². The van der Waals surface area contributed by atoms with Crippen molar-refractivity contribution in [3.63, 3.8) is 0 Å². The molecule has 1 aromatic rings. The maximum atomic E-state index is 12.6. The van der Waals surface area contributed by atoms with Gasteiger partial charge in [0.25, 0.3) is 0 Å². The summed E-state index contributed by atoms with van der Waals surface area (Å²) in [4.78, 5) is 17.6. The van der Waals surface area contributed by atoms with Gasteiger partial charge in [-0.15, -0.1) is 0 Å². The van der Waals surface area contributed by atoms with Crippen LogP contribution in [0.4, 0.5) is 0 Å². The van der Waals surface area contributed by atoms with Crippen molar-refractivity contribution in [3.05, 3.63) is 34.9 Å². The molecule has 2 saturated heterocycles. The summed E-state index contributed by atoms with van der Waals surface area (Å²) < 4.78 is 0. The predicted molar refractivity (Wildman–Crippen MR) is 85.9 cm³/mol. The lowest BCUT2D eigenvalue weighted by Crippen LogP contribution is -2.55. The van der Waals surface area contributed by atoms with E-state index in [1.807, 2.05) is 13.0 Å². The third-order valence-corrected chi connectivity index (χ3v) is 4.98. The second-order valence-corrected chi connectivity index (χ2v) is 6.66. The van der Waals surface area contributed by atoms with Crippen molar-refractivity contribution >= 4 is 5.78 Å². The van der Waals surface area contributed by atoms with Crippen LogP contribution in [-0.4, -0.2) is 54.3 Å². The van der Waals surface area contributed by atoms with Crippen molar-refractivity contribution in [2.45, 2.75) is 39.2 Å². The normalized spacial score (nSPS) is 23.8. The lowest BCUT2D eigenvalue weighted by atomic mass is 9.98. The van der Waals surface area contributed by atoms with E-state index in [0.29, 0.717) is 12.6 Å². The summed E-state index contributed by atoms with van der Waals surface area (Å²) in [6, 6.07) is 6.85. The van der Waals surface area contributed by atoms with Crippen LogP contribution in [0.3, 0.4) is 0 Å². The SMILES string of the molecule is Cc1ccc(C)c(C(=O)CN2CCN3CCCCC3C2)c1. The lowest BCUT2D eigenvalue weighted by Gasteiger charge is -2.43. The van der Waals surface area contributed by atoms with Crippen LogP contribution < -0.4 is 0 Å². The first-order chi connectivity index (χ1) is 10.1. The number of piperidine rings is 1.